The predicted octanol–water partition coefficient (Wildman–Crippen LogP) is 3.83. The SMILES string of the molecule is Cc1cnc([C@H]2C[C@@H]2COc2nc(C)ncc2-c2c(C)nn(C)c2C)c(F)c1. The van der Waals surface area contributed by atoms with Crippen molar-refractivity contribution < 1.29 is 9.13 Å². The van der Waals surface area contributed by atoms with Gasteiger partial charge in [0.1, 0.15) is 11.6 Å². The summed E-state index contributed by atoms with van der Waals surface area (Å²) in [4.78, 5) is 13.1. The van der Waals surface area contributed by atoms with Crippen molar-refractivity contribution in [2.75, 3.05) is 6.61 Å². The van der Waals surface area contributed by atoms with Crippen molar-refractivity contribution in [3.63, 3.8) is 0 Å². The number of aromatic nitrogens is 5. The Hall–Kier alpha value is -2.83. The molecule has 0 saturated heterocycles. The number of pyridine rings is 1. The number of rotatable bonds is 5. The first-order valence-corrected chi connectivity index (χ1v) is 9.44. The van der Waals surface area contributed by atoms with Crippen LogP contribution < -0.4 is 4.74 Å². The molecule has 1 fully saturated rings. The summed E-state index contributed by atoms with van der Waals surface area (Å²) < 4.78 is 22.1. The molecule has 6 nitrogen and oxygen atoms in total. The molecule has 146 valence electrons. The van der Waals surface area contributed by atoms with Gasteiger partial charge in [0.2, 0.25) is 5.88 Å². The maximum Gasteiger partial charge on any atom is 0.224 e. The van der Waals surface area contributed by atoms with E-state index in [0.717, 1.165) is 34.5 Å². The Kier molecular flexibility index (Phi) is 4.61. The number of hydrogen-bond donors (Lipinski definition) is 0. The molecule has 1 saturated carbocycles. The average Bonchev–Trinajstić information content (AvgIpc) is 3.35. The Balaban J connectivity index is 1.54. The summed E-state index contributed by atoms with van der Waals surface area (Å²) in [6.45, 7) is 8.14. The molecule has 3 aromatic heterocycles. The second-order valence-corrected chi connectivity index (χ2v) is 7.60. The first-order chi connectivity index (χ1) is 13.3. The zero-order valence-corrected chi connectivity index (χ0v) is 16.8. The maximum absolute atomic E-state index is 14.2. The third kappa shape index (κ3) is 3.37. The largest absolute Gasteiger partial charge is 0.477 e. The molecule has 2 atom stereocenters. The first-order valence-electron chi connectivity index (χ1n) is 9.44. The van der Waals surface area contributed by atoms with Crippen LogP contribution in [-0.2, 0) is 7.05 Å². The van der Waals surface area contributed by atoms with E-state index in [1.165, 1.54) is 0 Å². The molecule has 7 heteroatoms. The fourth-order valence-electron chi connectivity index (χ4n) is 3.66. The fraction of sp³-hybridized carbons (Fsp3) is 0.429. The van der Waals surface area contributed by atoms with Gasteiger partial charge in [-0.3, -0.25) is 9.67 Å². The quantitative estimate of drug-likeness (QED) is 0.672. The molecule has 0 amide bonds. The first kappa shape index (κ1) is 18.5. The molecule has 0 aliphatic heterocycles. The monoisotopic (exact) mass is 381 g/mol. The van der Waals surface area contributed by atoms with Crippen molar-refractivity contribution >= 4 is 0 Å². The smallest absolute Gasteiger partial charge is 0.224 e. The third-order valence-electron chi connectivity index (χ3n) is 5.37. The Morgan fingerprint density at radius 2 is 1.96 bits per heavy atom. The molecular formula is C21H24FN5O. The highest BCUT2D eigenvalue weighted by atomic mass is 19.1. The Morgan fingerprint density at radius 3 is 2.64 bits per heavy atom. The van der Waals surface area contributed by atoms with Crippen molar-refractivity contribution in [3.05, 3.63) is 52.7 Å². The van der Waals surface area contributed by atoms with Crippen LogP contribution >= 0.6 is 0 Å². The van der Waals surface area contributed by atoms with Gasteiger partial charge >= 0.3 is 0 Å². The number of ether oxygens (including phenoxy) is 1. The van der Waals surface area contributed by atoms with Crippen LogP contribution in [0.3, 0.4) is 0 Å². The highest BCUT2D eigenvalue weighted by molar-refractivity contribution is 5.72. The lowest BCUT2D eigenvalue weighted by molar-refractivity contribution is 0.285. The number of hydrogen-bond acceptors (Lipinski definition) is 5. The van der Waals surface area contributed by atoms with Crippen molar-refractivity contribution in [1.82, 2.24) is 24.7 Å². The van der Waals surface area contributed by atoms with Crippen molar-refractivity contribution in [3.8, 4) is 17.0 Å². The van der Waals surface area contributed by atoms with Gasteiger partial charge in [-0.25, -0.2) is 9.37 Å². The van der Waals surface area contributed by atoms with Crippen LogP contribution in [0.15, 0.2) is 18.5 Å². The summed E-state index contributed by atoms with van der Waals surface area (Å²) in [6, 6.07) is 1.54. The van der Waals surface area contributed by atoms with Crippen LogP contribution in [0.25, 0.3) is 11.1 Å². The van der Waals surface area contributed by atoms with Gasteiger partial charge < -0.3 is 4.74 Å². The van der Waals surface area contributed by atoms with E-state index in [2.05, 4.69) is 20.1 Å². The Morgan fingerprint density at radius 1 is 1.18 bits per heavy atom. The second kappa shape index (κ2) is 6.96. The van der Waals surface area contributed by atoms with Crippen molar-refractivity contribution in [1.29, 1.82) is 0 Å². The molecular weight excluding hydrogens is 357 g/mol. The molecule has 28 heavy (non-hydrogen) atoms. The minimum Gasteiger partial charge on any atom is -0.477 e. The second-order valence-electron chi connectivity index (χ2n) is 7.60. The predicted molar refractivity (Wildman–Crippen MR) is 104 cm³/mol. The van der Waals surface area contributed by atoms with E-state index >= 15 is 0 Å². The van der Waals surface area contributed by atoms with Crippen LogP contribution in [0.4, 0.5) is 4.39 Å². The average molecular weight is 381 g/mol. The Bertz CT molecular complexity index is 1050. The Labute approximate surface area is 163 Å². The highest BCUT2D eigenvalue weighted by Crippen LogP contribution is 2.48. The van der Waals surface area contributed by atoms with Crippen LogP contribution in [0.1, 0.15) is 40.8 Å². The number of nitrogens with zero attached hydrogens (tertiary/aromatic N) is 5. The molecule has 0 aromatic carbocycles. The van der Waals surface area contributed by atoms with Crippen LogP contribution in [-0.4, -0.2) is 31.3 Å². The van der Waals surface area contributed by atoms with E-state index in [-0.39, 0.29) is 17.7 Å². The van der Waals surface area contributed by atoms with Gasteiger partial charge in [0.15, 0.2) is 0 Å². The summed E-state index contributed by atoms with van der Waals surface area (Å²) in [5.74, 6) is 1.32. The minimum atomic E-state index is -0.229. The van der Waals surface area contributed by atoms with Gasteiger partial charge in [0.25, 0.3) is 0 Å². The molecule has 0 spiro atoms. The molecule has 4 rings (SSSR count). The summed E-state index contributed by atoms with van der Waals surface area (Å²) in [6.07, 6.45) is 4.38. The van der Waals surface area contributed by atoms with E-state index in [0.29, 0.717) is 24.0 Å². The zero-order valence-electron chi connectivity index (χ0n) is 16.8. The number of aryl methyl sites for hydroxylation is 4. The summed E-state index contributed by atoms with van der Waals surface area (Å²) in [5, 5.41) is 4.48. The topological polar surface area (TPSA) is 65.7 Å². The number of halogens is 1. The maximum atomic E-state index is 14.2. The van der Waals surface area contributed by atoms with E-state index in [4.69, 9.17) is 4.74 Å². The molecule has 3 heterocycles. The third-order valence-corrected chi connectivity index (χ3v) is 5.37. The van der Waals surface area contributed by atoms with Crippen LogP contribution in [0, 0.1) is 39.4 Å². The van der Waals surface area contributed by atoms with Crippen LogP contribution in [0.2, 0.25) is 0 Å². The van der Waals surface area contributed by atoms with Gasteiger partial charge in [-0.2, -0.15) is 10.1 Å². The molecule has 3 aromatic rings. The van der Waals surface area contributed by atoms with E-state index in [9.17, 15) is 4.39 Å². The fourth-order valence-corrected chi connectivity index (χ4v) is 3.66. The molecule has 0 bridgehead atoms. The van der Waals surface area contributed by atoms with Crippen LogP contribution in [0.5, 0.6) is 5.88 Å². The lowest BCUT2D eigenvalue weighted by Gasteiger charge is -2.11. The molecule has 1 aliphatic carbocycles. The van der Waals surface area contributed by atoms with Gasteiger partial charge in [0.05, 0.1) is 23.6 Å². The molecule has 0 unspecified atom stereocenters. The van der Waals surface area contributed by atoms with Gasteiger partial charge in [-0.05, 0) is 45.7 Å². The van der Waals surface area contributed by atoms with E-state index in [1.807, 2.05) is 39.4 Å². The summed E-state index contributed by atoms with van der Waals surface area (Å²) >= 11 is 0. The lowest BCUT2D eigenvalue weighted by Crippen LogP contribution is -2.06. The normalized spacial score (nSPS) is 18.4. The summed E-state index contributed by atoms with van der Waals surface area (Å²) in [7, 11) is 1.92. The molecule has 0 N–H and O–H groups in total. The lowest BCUT2D eigenvalue weighted by atomic mass is 10.1. The zero-order chi connectivity index (χ0) is 20.0. The standard InChI is InChI=1S/C21H24FN5O/c1-11-6-18(22)20(24-8-11)16-7-15(16)10-28-21-17(9-23-14(4)25-21)19-12(2)26-27(5)13(19)3/h6,8-9,15-16H,7,10H2,1-5H3/t15-,16+/m1/s1. The van der Waals surface area contributed by atoms with Crippen molar-refractivity contribution in [2.45, 2.75) is 40.0 Å². The highest BCUT2D eigenvalue weighted by Gasteiger charge is 2.42. The van der Waals surface area contributed by atoms with Gasteiger partial charge in [-0.1, -0.05) is 0 Å². The minimum absolute atomic E-state index is 0.105. The van der Waals surface area contributed by atoms with Gasteiger partial charge in [0, 0.05) is 42.5 Å². The van der Waals surface area contributed by atoms with Gasteiger partial charge in [-0.15, -0.1) is 0 Å². The molecule has 0 radical (unpaired) electrons. The van der Waals surface area contributed by atoms with E-state index in [1.54, 1.807) is 18.5 Å². The van der Waals surface area contributed by atoms with E-state index < -0.39 is 0 Å². The van der Waals surface area contributed by atoms with Crippen molar-refractivity contribution in [2.24, 2.45) is 13.0 Å². The summed E-state index contributed by atoms with van der Waals surface area (Å²) in [5.41, 5.74) is 5.15. The molecule has 1 aliphatic rings.